The summed E-state index contributed by atoms with van der Waals surface area (Å²) in [7, 11) is 0. The molecule has 0 saturated carbocycles. The summed E-state index contributed by atoms with van der Waals surface area (Å²) < 4.78 is 1.71. The van der Waals surface area contributed by atoms with Gasteiger partial charge in [0, 0.05) is 12.2 Å². The molecule has 0 bridgehead atoms. The van der Waals surface area contributed by atoms with Crippen LogP contribution < -0.4 is 5.73 Å². The zero-order valence-electron chi connectivity index (χ0n) is 6.81. The maximum Gasteiger partial charge on any atom is 0.155 e. The maximum absolute atomic E-state index is 5.72. The molecule has 0 unspecified atom stereocenters. The molecule has 2 heterocycles. The van der Waals surface area contributed by atoms with E-state index in [-0.39, 0.29) is 6.04 Å². The zero-order valence-corrected chi connectivity index (χ0v) is 6.81. The smallest absolute Gasteiger partial charge is 0.155 e. The van der Waals surface area contributed by atoms with Gasteiger partial charge in [0.1, 0.15) is 6.33 Å². The van der Waals surface area contributed by atoms with Crippen molar-refractivity contribution in [3.05, 3.63) is 30.2 Å². The zero-order chi connectivity index (χ0) is 8.55. The molecular weight excluding hydrogens is 152 g/mol. The number of hydrogen-bond donors (Lipinski definition) is 1. The van der Waals surface area contributed by atoms with Crippen molar-refractivity contribution >= 4 is 5.65 Å². The molecule has 2 N–H and O–H groups in total. The van der Waals surface area contributed by atoms with Gasteiger partial charge in [0.05, 0.1) is 0 Å². The van der Waals surface area contributed by atoms with Gasteiger partial charge in [-0.1, -0.05) is 0 Å². The van der Waals surface area contributed by atoms with Crippen LogP contribution >= 0.6 is 0 Å². The molecule has 0 radical (unpaired) electrons. The second kappa shape index (κ2) is 2.57. The predicted octanol–water partition coefficient (Wildman–Crippen LogP) is 0.749. The van der Waals surface area contributed by atoms with Gasteiger partial charge in [-0.15, -0.1) is 0 Å². The van der Waals surface area contributed by atoms with Gasteiger partial charge >= 0.3 is 0 Å². The van der Waals surface area contributed by atoms with E-state index in [9.17, 15) is 0 Å². The summed E-state index contributed by atoms with van der Waals surface area (Å²) in [6.07, 6.45) is 3.39. The summed E-state index contributed by atoms with van der Waals surface area (Å²) in [6, 6.07) is 3.94. The van der Waals surface area contributed by atoms with E-state index in [1.807, 2.05) is 25.3 Å². The van der Waals surface area contributed by atoms with Gasteiger partial charge in [-0.3, -0.25) is 0 Å². The predicted molar refractivity (Wildman–Crippen MR) is 45.6 cm³/mol. The summed E-state index contributed by atoms with van der Waals surface area (Å²) in [6.45, 7) is 1.95. The first kappa shape index (κ1) is 7.24. The SMILES string of the molecule is C[C@H](N)c1ccn2ncnc2c1. The Morgan fingerprint density at radius 1 is 1.58 bits per heavy atom. The molecule has 0 amide bonds. The second-order valence-corrected chi connectivity index (χ2v) is 2.81. The first-order valence-corrected chi connectivity index (χ1v) is 3.82. The molecule has 0 aromatic carbocycles. The van der Waals surface area contributed by atoms with Crippen LogP contribution in [0.3, 0.4) is 0 Å². The van der Waals surface area contributed by atoms with Crippen molar-refractivity contribution in [1.82, 2.24) is 14.6 Å². The van der Waals surface area contributed by atoms with Crippen LogP contribution in [0, 0.1) is 0 Å². The van der Waals surface area contributed by atoms with Crippen molar-refractivity contribution in [3.8, 4) is 0 Å². The third kappa shape index (κ3) is 1.06. The number of pyridine rings is 1. The van der Waals surface area contributed by atoms with Crippen LogP contribution in [-0.4, -0.2) is 14.6 Å². The number of nitrogens with zero attached hydrogens (tertiary/aromatic N) is 3. The fourth-order valence-corrected chi connectivity index (χ4v) is 1.11. The van der Waals surface area contributed by atoms with E-state index in [1.165, 1.54) is 6.33 Å². The lowest BCUT2D eigenvalue weighted by Crippen LogP contribution is -2.05. The van der Waals surface area contributed by atoms with Gasteiger partial charge < -0.3 is 5.73 Å². The van der Waals surface area contributed by atoms with E-state index in [1.54, 1.807) is 4.52 Å². The number of nitrogens with two attached hydrogens (primary N) is 1. The summed E-state index contributed by atoms with van der Waals surface area (Å²) in [4.78, 5) is 4.06. The normalized spacial score (nSPS) is 13.5. The van der Waals surface area contributed by atoms with Gasteiger partial charge in [-0.05, 0) is 24.6 Å². The van der Waals surface area contributed by atoms with Crippen molar-refractivity contribution in [2.45, 2.75) is 13.0 Å². The molecule has 0 saturated heterocycles. The molecule has 12 heavy (non-hydrogen) atoms. The van der Waals surface area contributed by atoms with Crippen molar-refractivity contribution in [2.75, 3.05) is 0 Å². The highest BCUT2D eigenvalue weighted by molar-refractivity contribution is 5.40. The Labute approximate surface area is 70.0 Å². The molecule has 62 valence electrons. The molecule has 4 heteroatoms. The average Bonchev–Trinajstić information content (AvgIpc) is 2.49. The van der Waals surface area contributed by atoms with Crippen LogP contribution in [0.2, 0.25) is 0 Å². The van der Waals surface area contributed by atoms with Crippen LogP contribution in [0.4, 0.5) is 0 Å². The minimum absolute atomic E-state index is 0.0479. The molecule has 0 aliphatic heterocycles. The molecule has 2 rings (SSSR count). The Hall–Kier alpha value is -1.42. The summed E-state index contributed by atoms with van der Waals surface area (Å²) >= 11 is 0. The lowest BCUT2D eigenvalue weighted by molar-refractivity contribution is 0.811. The highest BCUT2D eigenvalue weighted by Crippen LogP contribution is 2.10. The number of aromatic nitrogens is 3. The maximum atomic E-state index is 5.72. The molecule has 2 aromatic rings. The first-order chi connectivity index (χ1) is 5.77. The van der Waals surface area contributed by atoms with Crippen LogP contribution in [0.5, 0.6) is 0 Å². The highest BCUT2D eigenvalue weighted by atomic mass is 15.3. The van der Waals surface area contributed by atoms with E-state index in [0.29, 0.717) is 0 Å². The van der Waals surface area contributed by atoms with Gasteiger partial charge in [0.2, 0.25) is 0 Å². The number of hydrogen-bond acceptors (Lipinski definition) is 3. The molecule has 0 spiro atoms. The second-order valence-electron chi connectivity index (χ2n) is 2.81. The molecule has 0 fully saturated rings. The monoisotopic (exact) mass is 162 g/mol. The van der Waals surface area contributed by atoms with Gasteiger partial charge in [0.15, 0.2) is 5.65 Å². The molecule has 0 aliphatic rings. The lowest BCUT2D eigenvalue weighted by Gasteiger charge is -2.03. The Balaban J connectivity index is 2.60. The minimum Gasteiger partial charge on any atom is -0.324 e. The topological polar surface area (TPSA) is 56.2 Å². The van der Waals surface area contributed by atoms with Crippen LogP contribution in [0.15, 0.2) is 24.7 Å². The van der Waals surface area contributed by atoms with Crippen molar-refractivity contribution < 1.29 is 0 Å². The quantitative estimate of drug-likeness (QED) is 0.673. The van der Waals surface area contributed by atoms with Crippen molar-refractivity contribution in [2.24, 2.45) is 5.73 Å². The molecule has 1 atom stereocenters. The Bertz CT molecular complexity index is 391. The Morgan fingerprint density at radius 3 is 3.17 bits per heavy atom. The number of rotatable bonds is 1. The largest absolute Gasteiger partial charge is 0.324 e. The minimum atomic E-state index is 0.0479. The Kier molecular flexibility index (Phi) is 1.55. The summed E-state index contributed by atoms with van der Waals surface area (Å²) in [5, 5.41) is 3.98. The Morgan fingerprint density at radius 2 is 2.42 bits per heavy atom. The summed E-state index contributed by atoms with van der Waals surface area (Å²) in [5.41, 5.74) is 7.63. The van der Waals surface area contributed by atoms with Gasteiger partial charge in [-0.2, -0.15) is 5.10 Å². The van der Waals surface area contributed by atoms with Crippen LogP contribution in [0.25, 0.3) is 5.65 Å². The lowest BCUT2D eigenvalue weighted by atomic mass is 10.1. The molecule has 0 aliphatic carbocycles. The van der Waals surface area contributed by atoms with Crippen LogP contribution in [0.1, 0.15) is 18.5 Å². The van der Waals surface area contributed by atoms with Crippen molar-refractivity contribution in [1.29, 1.82) is 0 Å². The van der Waals surface area contributed by atoms with E-state index in [4.69, 9.17) is 5.73 Å². The third-order valence-corrected chi connectivity index (χ3v) is 1.83. The van der Waals surface area contributed by atoms with E-state index >= 15 is 0 Å². The van der Waals surface area contributed by atoms with Gasteiger partial charge in [-0.25, -0.2) is 9.50 Å². The fraction of sp³-hybridized carbons (Fsp3) is 0.250. The van der Waals surface area contributed by atoms with E-state index in [2.05, 4.69) is 10.1 Å². The highest BCUT2D eigenvalue weighted by Gasteiger charge is 2.00. The molecule has 2 aromatic heterocycles. The summed E-state index contributed by atoms with van der Waals surface area (Å²) in [5.74, 6) is 0. The standard InChI is InChI=1S/C8H10N4/c1-6(9)7-2-3-12-8(4-7)10-5-11-12/h2-6H,9H2,1H3/t6-/m0/s1. The molecular formula is C8H10N4. The van der Waals surface area contributed by atoms with Crippen LogP contribution in [-0.2, 0) is 0 Å². The third-order valence-electron chi connectivity index (χ3n) is 1.83. The average molecular weight is 162 g/mol. The molecule has 4 nitrogen and oxygen atoms in total. The number of fused-ring (bicyclic) bond motifs is 1. The van der Waals surface area contributed by atoms with Crippen molar-refractivity contribution in [3.63, 3.8) is 0 Å². The first-order valence-electron chi connectivity index (χ1n) is 3.82. The fourth-order valence-electron chi connectivity index (χ4n) is 1.11. The van der Waals surface area contributed by atoms with E-state index in [0.717, 1.165) is 11.2 Å². The van der Waals surface area contributed by atoms with Gasteiger partial charge in [0.25, 0.3) is 0 Å². The van der Waals surface area contributed by atoms with E-state index < -0.39 is 0 Å².